The Bertz CT molecular complexity index is 611. The van der Waals surface area contributed by atoms with Gasteiger partial charge in [-0.2, -0.15) is 0 Å². The Hall–Kier alpha value is -2.43. The van der Waals surface area contributed by atoms with E-state index in [0.717, 1.165) is 18.4 Å². The van der Waals surface area contributed by atoms with Crippen LogP contribution in [0.1, 0.15) is 18.1 Å². The molecular formula is C16H20N4O. The fourth-order valence-electron chi connectivity index (χ4n) is 2.35. The van der Waals surface area contributed by atoms with Crippen molar-refractivity contribution in [2.75, 3.05) is 13.7 Å². The van der Waals surface area contributed by atoms with Crippen LogP contribution in [0, 0.1) is 0 Å². The lowest BCUT2D eigenvalue weighted by molar-refractivity contribution is 0.394. The molecule has 1 heterocycles. The second kappa shape index (κ2) is 7.38. The Morgan fingerprint density at radius 2 is 2.05 bits per heavy atom. The lowest BCUT2D eigenvalue weighted by atomic mass is 9.93. The van der Waals surface area contributed by atoms with Gasteiger partial charge in [0, 0.05) is 24.5 Å². The van der Waals surface area contributed by atoms with E-state index in [-0.39, 0.29) is 6.02 Å². The zero-order valence-electron chi connectivity index (χ0n) is 12.4. The van der Waals surface area contributed by atoms with Crippen LogP contribution in [0.25, 0.3) is 11.1 Å². The van der Waals surface area contributed by atoms with Crippen molar-refractivity contribution in [3.8, 4) is 11.1 Å². The van der Waals surface area contributed by atoms with E-state index < -0.39 is 0 Å². The first-order valence-electron chi connectivity index (χ1n) is 6.96. The summed E-state index contributed by atoms with van der Waals surface area (Å²) in [6.07, 6.45) is 7.00. The van der Waals surface area contributed by atoms with Crippen molar-refractivity contribution >= 4 is 6.02 Å². The predicted molar refractivity (Wildman–Crippen MR) is 84.0 cm³/mol. The largest absolute Gasteiger partial charge is 0.469 e. The van der Waals surface area contributed by atoms with E-state index in [4.69, 9.17) is 10.5 Å². The van der Waals surface area contributed by atoms with Gasteiger partial charge in [-0.1, -0.05) is 25.1 Å². The summed E-state index contributed by atoms with van der Waals surface area (Å²) in [6, 6.07) is 6.51. The average Bonchev–Trinajstić information content (AvgIpc) is 2.55. The molecule has 0 amide bonds. The van der Waals surface area contributed by atoms with E-state index in [1.165, 1.54) is 23.8 Å². The molecule has 0 spiro atoms. The molecule has 0 saturated carbocycles. The van der Waals surface area contributed by atoms with Gasteiger partial charge in [-0.15, -0.1) is 0 Å². The van der Waals surface area contributed by atoms with Crippen LogP contribution in [-0.4, -0.2) is 29.6 Å². The Kier molecular flexibility index (Phi) is 5.26. The number of aliphatic imine (C=N–C) groups is 1. The summed E-state index contributed by atoms with van der Waals surface area (Å²) in [5, 5.41) is 0. The number of benzene rings is 1. The highest BCUT2D eigenvalue weighted by molar-refractivity contribution is 5.71. The van der Waals surface area contributed by atoms with Crippen molar-refractivity contribution in [1.82, 2.24) is 9.97 Å². The van der Waals surface area contributed by atoms with E-state index in [1.54, 1.807) is 6.33 Å². The summed E-state index contributed by atoms with van der Waals surface area (Å²) in [6.45, 7) is 2.76. The normalized spacial score (nSPS) is 11.4. The third kappa shape index (κ3) is 3.78. The van der Waals surface area contributed by atoms with Gasteiger partial charge in [-0.05, 0) is 29.5 Å². The van der Waals surface area contributed by atoms with Crippen LogP contribution in [0.2, 0.25) is 0 Å². The third-order valence-electron chi connectivity index (χ3n) is 3.36. The number of nitrogens with zero attached hydrogens (tertiary/aromatic N) is 3. The molecule has 0 saturated heterocycles. The zero-order chi connectivity index (χ0) is 15.1. The minimum atomic E-state index is 0.223. The first-order valence-corrected chi connectivity index (χ1v) is 6.96. The smallest absolute Gasteiger partial charge is 0.281 e. The van der Waals surface area contributed by atoms with Gasteiger partial charge in [0.1, 0.15) is 6.33 Å². The number of rotatable bonds is 5. The summed E-state index contributed by atoms with van der Waals surface area (Å²) in [5.74, 6) is 0. The standard InChI is InChI=1S/C16H20N4O/c1-3-14-12(7-8-20-16(17)21-2)5-4-6-15(14)13-9-18-11-19-10-13/h4-6,9-11H,3,7-8H2,1-2H3,(H2,17,20). The van der Waals surface area contributed by atoms with E-state index in [2.05, 4.69) is 40.1 Å². The molecule has 0 radical (unpaired) electrons. The SMILES string of the molecule is CCc1c(CCN=C(N)OC)cccc1-c1cncnc1. The molecule has 2 aromatic rings. The molecule has 1 aromatic carbocycles. The van der Waals surface area contributed by atoms with Crippen LogP contribution >= 0.6 is 0 Å². The highest BCUT2D eigenvalue weighted by Gasteiger charge is 2.08. The van der Waals surface area contributed by atoms with Gasteiger partial charge in [0.2, 0.25) is 0 Å². The van der Waals surface area contributed by atoms with Crippen molar-refractivity contribution in [1.29, 1.82) is 0 Å². The van der Waals surface area contributed by atoms with Crippen LogP contribution in [-0.2, 0) is 17.6 Å². The highest BCUT2D eigenvalue weighted by atomic mass is 16.5. The monoisotopic (exact) mass is 284 g/mol. The lowest BCUT2D eigenvalue weighted by Gasteiger charge is -2.12. The van der Waals surface area contributed by atoms with Crippen LogP contribution in [0.15, 0.2) is 41.9 Å². The number of methoxy groups -OCH3 is 1. The summed E-state index contributed by atoms with van der Waals surface area (Å²) in [5.41, 5.74) is 10.3. The second-order valence-electron chi connectivity index (χ2n) is 4.60. The number of amidine groups is 1. The topological polar surface area (TPSA) is 73.4 Å². The van der Waals surface area contributed by atoms with Gasteiger partial charge in [0.15, 0.2) is 0 Å². The summed E-state index contributed by atoms with van der Waals surface area (Å²) >= 11 is 0. The first-order chi connectivity index (χ1) is 10.3. The maximum atomic E-state index is 5.54. The van der Waals surface area contributed by atoms with Crippen molar-refractivity contribution in [2.45, 2.75) is 19.8 Å². The molecule has 110 valence electrons. The van der Waals surface area contributed by atoms with Gasteiger partial charge < -0.3 is 10.5 Å². The van der Waals surface area contributed by atoms with Crippen molar-refractivity contribution in [3.63, 3.8) is 0 Å². The lowest BCUT2D eigenvalue weighted by Crippen LogP contribution is -2.14. The highest BCUT2D eigenvalue weighted by Crippen LogP contribution is 2.26. The quantitative estimate of drug-likeness (QED) is 0.675. The molecule has 0 fully saturated rings. The zero-order valence-corrected chi connectivity index (χ0v) is 12.4. The fraction of sp³-hybridized carbons (Fsp3) is 0.312. The van der Waals surface area contributed by atoms with Gasteiger partial charge in [0.05, 0.1) is 7.11 Å². The molecule has 1 aromatic heterocycles. The van der Waals surface area contributed by atoms with Crippen LogP contribution in [0.3, 0.4) is 0 Å². The van der Waals surface area contributed by atoms with Gasteiger partial charge in [-0.3, -0.25) is 0 Å². The average molecular weight is 284 g/mol. The Labute approximate surface area is 124 Å². The fourth-order valence-corrected chi connectivity index (χ4v) is 2.35. The van der Waals surface area contributed by atoms with Crippen molar-refractivity contribution < 1.29 is 4.74 Å². The molecule has 21 heavy (non-hydrogen) atoms. The summed E-state index contributed by atoms with van der Waals surface area (Å²) < 4.78 is 4.85. The summed E-state index contributed by atoms with van der Waals surface area (Å²) in [7, 11) is 1.52. The Balaban J connectivity index is 2.27. The molecule has 0 aliphatic rings. The van der Waals surface area contributed by atoms with Gasteiger partial charge in [-0.25, -0.2) is 15.0 Å². The Morgan fingerprint density at radius 3 is 2.71 bits per heavy atom. The summed E-state index contributed by atoms with van der Waals surface area (Å²) in [4.78, 5) is 12.4. The molecule has 0 aliphatic carbocycles. The van der Waals surface area contributed by atoms with Gasteiger partial charge >= 0.3 is 0 Å². The van der Waals surface area contributed by atoms with E-state index >= 15 is 0 Å². The van der Waals surface area contributed by atoms with E-state index in [0.29, 0.717) is 6.54 Å². The van der Waals surface area contributed by atoms with E-state index in [1.807, 2.05) is 12.4 Å². The maximum absolute atomic E-state index is 5.54. The predicted octanol–water partition coefficient (Wildman–Crippen LogP) is 2.21. The molecule has 2 N–H and O–H groups in total. The van der Waals surface area contributed by atoms with Crippen molar-refractivity contribution in [2.24, 2.45) is 10.7 Å². The van der Waals surface area contributed by atoms with Crippen molar-refractivity contribution in [3.05, 3.63) is 48.0 Å². The minimum absolute atomic E-state index is 0.223. The molecule has 5 nitrogen and oxygen atoms in total. The number of hydrogen-bond acceptors (Lipinski definition) is 4. The third-order valence-corrected chi connectivity index (χ3v) is 3.36. The van der Waals surface area contributed by atoms with Crippen LogP contribution in [0.4, 0.5) is 0 Å². The molecular weight excluding hydrogens is 264 g/mol. The first kappa shape index (κ1) is 15.0. The molecule has 0 atom stereocenters. The number of hydrogen-bond donors (Lipinski definition) is 1. The number of ether oxygens (including phenoxy) is 1. The van der Waals surface area contributed by atoms with Crippen LogP contribution in [0.5, 0.6) is 0 Å². The number of aromatic nitrogens is 2. The Morgan fingerprint density at radius 1 is 1.29 bits per heavy atom. The molecule has 0 bridgehead atoms. The minimum Gasteiger partial charge on any atom is -0.469 e. The van der Waals surface area contributed by atoms with E-state index in [9.17, 15) is 0 Å². The molecule has 2 rings (SSSR count). The molecule has 5 heteroatoms. The molecule has 0 unspecified atom stereocenters. The molecule has 0 aliphatic heterocycles. The maximum Gasteiger partial charge on any atom is 0.281 e. The van der Waals surface area contributed by atoms with Gasteiger partial charge in [0.25, 0.3) is 6.02 Å². The number of nitrogens with two attached hydrogens (primary N) is 1. The van der Waals surface area contributed by atoms with Crippen LogP contribution < -0.4 is 5.73 Å². The second-order valence-corrected chi connectivity index (χ2v) is 4.60.